The van der Waals surface area contributed by atoms with E-state index in [9.17, 15) is 13.2 Å². The fourth-order valence-corrected chi connectivity index (χ4v) is 3.99. The number of aryl methyl sites for hydroxylation is 2. The monoisotopic (exact) mass is 360 g/mol. The summed E-state index contributed by atoms with van der Waals surface area (Å²) in [5.74, 6) is -0.520. The highest BCUT2D eigenvalue weighted by atomic mass is 32.2. The summed E-state index contributed by atoms with van der Waals surface area (Å²) in [6, 6.07) is 14.1. The van der Waals surface area contributed by atoms with Crippen LogP contribution in [0, 0.1) is 0 Å². The molecule has 7 heteroatoms. The van der Waals surface area contributed by atoms with Gasteiger partial charge in [-0.15, -0.1) is 0 Å². The molecule has 3 rings (SSSR count). The Morgan fingerprint density at radius 2 is 1.88 bits per heavy atom. The fraction of sp³-hybridized carbons (Fsp3) is 0.278. The molecule has 0 aliphatic carbocycles. The number of hydrogen-bond donors (Lipinski definition) is 1. The van der Waals surface area contributed by atoms with Crippen molar-refractivity contribution < 1.29 is 12.8 Å². The summed E-state index contributed by atoms with van der Waals surface area (Å²) in [4.78, 5) is 11.6. The van der Waals surface area contributed by atoms with E-state index in [1.54, 1.807) is 13.1 Å². The number of hydrogen-bond acceptors (Lipinski definition) is 4. The average Bonchev–Trinajstić information content (AvgIpc) is 2.87. The second kappa shape index (κ2) is 6.85. The molecule has 132 valence electrons. The minimum Gasteiger partial charge on any atom is -0.408 e. The number of benzene rings is 2. The van der Waals surface area contributed by atoms with Crippen LogP contribution in [0.2, 0.25) is 0 Å². The Hall–Kier alpha value is -2.38. The van der Waals surface area contributed by atoms with E-state index in [-0.39, 0.29) is 16.5 Å². The summed E-state index contributed by atoms with van der Waals surface area (Å²) >= 11 is 0. The lowest BCUT2D eigenvalue weighted by atomic mass is 10.1. The van der Waals surface area contributed by atoms with Crippen molar-refractivity contribution in [1.82, 2.24) is 9.29 Å². The van der Waals surface area contributed by atoms with Crippen LogP contribution in [-0.4, -0.2) is 19.0 Å². The summed E-state index contributed by atoms with van der Waals surface area (Å²) in [5.41, 5.74) is 1.98. The van der Waals surface area contributed by atoms with Crippen molar-refractivity contribution in [3.63, 3.8) is 0 Å². The molecule has 6 nitrogen and oxygen atoms in total. The van der Waals surface area contributed by atoms with Gasteiger partial charge in [-0.2, -0.15) is 0 Å². The lowest BCUT2D eigenvalue weighted by Gasteiger charge is -2.14. The lowest BCUT2D eigenvalue weighted by molar-refractivity contribution is 0.526. The predicted octanol–water partition coefficient (Wildman–Crippen LogP) is 2.43. The van der Waals surface area contributed by atoms with Crippen LogP contribution in [0.1, 0.15) is 18.9 Å². The third kappa shape index (κ3) is 3.83. The van der Waals surface area contributed by atoms with E-state index < -0.39 is 15.8 Å². The Labute approximate surface area is 146 Å². The van der Waals surface area contributed by atoms with E-state index >= 15 is 0 Å². The Morgan fingerprint density at radius 1 is 1.16 bits per heavy atom. The van der Waals surface area contributed by atoms with Gasteiger partial charge in [0.2, 0.25) is 10.0 Å². The Balaban J connectivity index is 1.73. The average molecular weight is 360 g/mol. The SMILES string of the molecule is CC(CCc1ccccc1)NS(=O)(=O)c1ccc2c(c1)oc(=O)n2C. The molecular weight excluding hydrogens is 340 g/mol. The van der Waals surface area contributed by atoms with Gasteiger partial charge in [-0.05, 0) is 37.5 Å². The van der Waals surface area contributed by atoms with E-state index in [2.05, 4.69) is 4.72 Å². The number of nitrogens with zero attached hydrogens (tertiary/aromatic N) is 1. The highest BCUT2D eigenvalue weighted by molar-refractivity contribution is 7.89. The minimum absolute atomic E-state index is 0.0842. The summed E-state index contributed by atoms with van der Waals surface area (Å²) in [7, 11) is -2.10. The third-order valence-corrected chi connectivity index (χ3v) is 5.73. The molecule has 2 aromatic carbocycles. The zero-order chi connectivity index (χ0) is 18.0. The van der Waals surface area contributed by atoms with Gasteiger partial charge in [0.05, 0.1) is 10.4 Å². The van der Waals surface area contributed by atoms with Crippen LogP contribution < -0.4 is 10.5 Å². The zero-order valence-corrected chi connectivity index (χ0v) is 14.9. The number of oxazole rings is 1. The summed E-state index contributed by atoms with van der Waals surface area (Å²) < 4.78 is 34.2. The van der Waals surface area contributed by atoms with Crippen LogP contribution in [0.4, 0.5) is 0 Å². The van der Waals surface area contributed by atoms with Crippen LogP contribution >= 0.6 is 0 Å². The normalized spacial score (nSPS) is 13.2. The molecule has 0 saturated carbocycles. The van der Waals surface area contributed by atoms with Crippen molar-refractivity contribution in [1.29, 1.82) is 0 Å². The first-order chi connectivity index (χ1) is 11.9. The number of rotatable bonds is 6. The van der Waals surface area contributed by atoms with Crippen LogP contribution in [0.3, 0.4) is 0 Å². The van der Waals surface area contributed by atoms with Crippen LogP contribution in [-0.2, 0) is 23.5 Å². The standard InChI is InChI=1S/C18H20N2O4S/c1-13(8-9-14-6-4-3-5-7-14)19-25(22,23)15-10-11-16-17(12-15)24-18(21)20(16)2/h3-7,10-13,19H,8-9H2,1-2H3. The van der Waals surface area contributed by atoms with Crippen molar-refractivity contribution in [2.75, 3.05) is 0 Å². The van der Waals surface area contributed by atoms with E-state index in [1.165, 1.54) is 22.3 Å². The predicted molar refractivity (Wildman–Crippen MR) is 96.0 cm³/mol. The van der Waals surface area contributed by atoms with Crippen LogP contribution in [0.5, 0.6) is 0 Å². The molecular formula is C18H20N2O4S. The first kappa shape index (κ1) is 17.4. The Kier molecular flexibility index (Phi) is 4.78. The number of sulfonamides is 1. The van der Waals surface area contributed by atoms with Crippen molar-refractivity contribution in [3.8, 4) is 0 Å². The topological polar surface area (TPSA) is 81.3 Å². The zero-order valence-electron chi connectivity index (χ0n) is 14.1. The van der Waals surface area contributed by atoms with Gasteiger partial charge in [-0.3, -0.25) is 4.57 Å². The van der Waals surface area contributed by atoms with Gasteiger partial charge in [0.1, 0.15) is 0 Å². The maximum atomic E-state index is 12.6. The van der Waals surface area contributed by atoms with Crippen LogP contribution in [0.25, 0.3) is 11.1 Å². The summed E-state index contributed by atoms with van der Waals surface area (Å²) in [6.45, 7) is 1.83. The maximum Gasteiger partial charge on any atom is 0.419 e. The smallest absolute Gasteiger partial charge is 0.408 e. The summed E-state index contributed by atoms with van der Waals surface area (Å²) in [5, 5.41) is 0. The van der Waals surface area contributed by atoms with Crippen molar-refractivity contribution in [3.05, 3.63) is 64.6 Å². The molecule has 0 fully saturated rings. The van der Waals surface area contributed by atoms with E-state index in [4.69, 9.17) is 4.42 Å². The number of aromatic nitrogens is 1. The molecule has 1 aromatic heterocycles. The molecule has 0 aliphatic heterocycles. The molecule has 0 aliphatic rings. The molecule has 0 spiro atoms. The fourth-order valence-electron chi connectivity index (χ4n) is 2.70. The van der Waals surface area contributed by atoms with Gasteiger partial charge < -0.3 is 4.42 Å². The van der Waals surface area contributed by atoms with Gasteiger partial charge >= 0.3 is 5.76 Å². The Bertz CT molecular complexity index is 1040. The molecule has 0 saturated heterocycles. The summed E-state index contributed by atoms with van der Waals surface area (Å²) in [6.07, 6.45) is 1.48. The molecule has 0 amide bonds. The van der Waals surface area contributed by atoms with Crippen molar-refractivity contribution in [2.45, 2.75) is 30.7 Å². The first-order valence-corrected chi connectivity index (χ1v) is 9.51. The quantitative estimate of drug-likeness (QED) is 0.732. The largest absolute Gasteiger partial charge is 0.419 e. The molecule has 0 bridgehead atoms. The van der Waals surface area contributed by atoms with Gasteiger partial charge in [-0.25, -0.2) is 17.9 Å². The van der Waals surface area contributed by atoms with Gasteiger partial charge in [-0.1, -0.05) is 30.3 Å². The molecule has 1 heterocycles. The second-order valence-electron chi connectivity index (χ2n) is 6.10. The van der Waals surface area contributed by atoms with Gasteiger partial charge in [0.25, 0.3) is 0 Å². The molecule has 25 heavy (non-hydrogen) atoms. The van der Waals surface area contributed by atoms with Gasteiger partial charge in [0.15, 0.2) is 5.58 Å². The number of nitrogens with one attached hydrogen (secondary N) is 1. The highest BCUT2D eigenvalue weighted by Crippen LogP contribution is 2.18. The maximum absolute atomic E-state index is 12.6. The minimum atomic E-state index is -3.68. The molecule has 1 N–H and O–H groups in total. The third-order valence-electron chi connectivity index (χ3n) is 4.14. The van der Waals surface area contributed by atoms with E-state index in [1.807, 2.05) is 37.3 Å². The molecule has 1 atom stereocenters. The van der Waals surface area contributed by atoms with Crippen LogP contribution in [0.15, 0.2) is 62.6 Å². The van der Waals surface area contributed by atoms with Crippen molar-refractivity contribution >= 4 is 21.1 Å². The molecule has 1 unspecified atom stereocenters. The van der Waals surface area contributed by atoms with E-state index in [0.29, 0.717) is 11.9 Å². The number of fused-ring (bicyclic) bond motifs is 1. The first-order valence-electron chi connectivity index (χ1n) is 8.02. The van der Waals surface area contributed by atoms with Gasteiger partial charge in [0, 0.05) is 19.2 Å². The molecule has 3 aromatic rings. The molecule has 0 radical (unpaired) electrons. The van der Waals surface area contributed by atoms with E-state index in [0.717, 1.165) is 6.42 Å². The highest BCUT2D eigenvalue weighted by Gasteiger charge is 2.19. The lowest BCUT2D eigenvalue weighted by Crippen LogP contribution is -2.32. The van der Waals surface area contributed by atoms with Crippen molar-refractivity contribution in [2.24, 2.45) is 7.05 Å². The Morgan fingerprint density at radius 3 is 2.60 bits per heavy atom. The second-order valence-corrected chi connectivity index (χ2v) is 7.82.